The topological polar surface area (TPSA) is 235 Å². The standard InChI is InChI=1S/2C24H29Cl2N3O2.C4H4O4/c2*25-20-14-18(15-21(26)24(20)27)23(30)16-28-11-4-1-5-12-31-13-10-19-9-8-17-6-2-3-7-22(17)29-19;5-3(6)1-2-4(7)8/h2*2-3,6-9,14-15,23,28,30H,1,4-5,10-13,16,27H2;1-2H,(H,5,6)(H,7,8)/b;;2-1+. The van der Waals surface area contributed by atoms with Crippen LogP contribution in [0.15, 0.2) is 109 Å². The molecule has 6 aromatic rings. The van der Waals surface area contributed by atoms with Gasteiger partial charge in [0.2, 0.25) is 0 Å². The number of aliphatic hydroxyl groups excluding tert-OH is 2. The fourth-order valence-corrected chi connectivity index (χ4v) is 7.77. The van der Waals surface area contributed by atoms with Gasteiger partial charge in [0, 0.05) is 73.5 Å². The SMILES string of the molecule is Nc1c(Cl)cc(C(O)CNCCCCCOCCc2ccc3ccccc3n2)cc1Cl.Nc1c(Cl)cc(C(O)CNCCCCCOCCc2ccc3ccccc3n2)cc1Cl.O=C(O)/C=C/C(=O)O. The van der Waals surface area contributed by atoms with Gasteiger partial charge in [0.15, 0.2) is 0 Å². The highest BCUT2D eigenvalue weighted by Gasteiger charge is 2.13. The van der Waals surface area contributed by atoms with E-state index < -0.39 is 24.1 Å². The molecular weight excluding hydrogens is 978 g/mol. The van der Waals surface area contributed by atoms with Gasteiger partial charge in [0.1, 0.15) is 0 Å². The highest BCUT2D eigenvalue weighted by Crippen LogP contribution is 2.32. The van der Waals surface area contributed by atoms with Crippen LogP contribution in [0.3, 0.4) is 0 Å². The third-order valence-corrected chi connectivity index (χ3v) is 11.9. The Kier molecular flexibility index (Phi) is 26.3. The van der Waals surface area contributed by atoms with Crippen molar-refractivity contribution in [2.75, 3.05) is 64.1 Å². The summed E-state index contributed by atoms with van der Waals surface area (Å²) in [6.07, 6.45) is 7.60. The Labute approximate surface area is 428 Å². The number of carbonyl (C=O) groups is 2. The Balaban J connectivity index is 0.000000264. The van der Waals surface area contributed by atoms with E-state index in [1.54, 1.807) is 24.3 Å². The minimum absolute atomic E-state index is 0.336. The van der Waals surface area contributed by atoms with Crippen LogP contribution < -0.4 is 22.1 Å². The lowest BCUT2D eigenvalue weighted by Gasteiger charge is -2.14. The second-order valence-electron chi connectivity index (χ2n) is 16.1. The lowest BCUT2D eigenvalue weighted by atomic mass is 10.1. The molecule has 0 spiro atoms. The summed E-state index contributed by atoms with van der Waals surface area (Å²) in [6, 6.07) is 31.2. The number of unbranched alkanes of at least 4 members (excludes halogenated alkanes) is 4. The van der Waals surface area contributed by atoms with Gasteiger partial charge in [-0.3, -0.25) is 9.97 Å². The maximum Gasteiger partial charge on any atom is 0.328 e. The van der Waals surface area contributed by atoms with Crippen LogP contribution in [0.5, 0.6) is 0 Å². The molecule has 0 saturated carbocycles. The molecule has 14 nitrogen and oxygen atoms in total. The number of fused-ring (bicyclic) bond motifs is 2. The molecule has 0 saturated heterocycles. The average molecular weight is 1040 g/mol. The van der Waals surface area contributed by atoms with E-state index in [2.05, 4.69) is 57.0 Å². The van der Waals surface area contributed by atoms with Crippen LogP contribution in [0.25, 0.3) is 21.8 Å². The van der Waals surface area contributed by atoms with Crippen LogP contribution in [0.4, 0.5) is 11.4 Å². The Morgan fingerprint density at radius 1 is 0.543 bits per heavy atom. The number of hydrogen-bond donors (Lipinski definition) is 8. The number of benzene rings is 4. The molecule has 70 heavy (non-hydrogen) atoms. The van der Waals surface area contributed by atoms with Crippen LogP contribution in [0.2, 0.25) is 20.1 Å². The number of para-hydroxylation sites is 2. The maximum atomic E-state index is 10.3. The summed E-state index contributed by atoms with van der Waals surface area (Å²) in [5.74, 6) is -2.51. The summed E-state index contributed by atoms with van der Waals surface area (Å²) in [5, 5.41) is 46.4. The number of rotatable bonds is 26. The summed E-state index contributed by atoms with van der Waals surface area (Å²) in [7, 11) is 0. The molecule has 0 aliphatic heterocycles. The number of nitrogen functional groups attached to an aromatic ring is 2. The first-order valence-electron chi connectivity index (χ1n) is 23.0. The van der Waals surface area contributed by atoms with E-state index in [-0.39, 0.29) is 0 Å². The van der Waals surface area contributed by atoms with Gasteiger partial charge in [0.25, 0.3) is 0 Å². The van der Waals surface area contributed by atoms with Crippen LogP contribution in [0, 0.1) is 0 Å². The lowest BCUT2D eigenvalue weighted by molar-refractivity contribution is -0.134. The molecule has 10 N–H and O–H groups in total. The highest BCUT2D eigenvalue weighted by molar-refractivity contribution is 6.39. The van der Waals surface area contributed by atoms with Crippen molar-refractivity contribution in [3.8, 4) is 0 Å². The molecule has 0 amide bonds. The van der Waals surface area contributed by atoms with Crippen molar-refractivity contribution in [3.05, 3.63) is 152 Å². The van der Waals surface area contributed by atoms with Crippen molar-refractivity contribution in [1.29, 1.82) is 0 Å². The minimum atomic E-state index is -1.26. The number of halogens is 4. The molecule has 2 atom stereocenters. The molecule has 0 aliphatic carbocycles. The van der Waals surface area contributed by atoms with Gasteiger partial charge in [0.05, 0.1) is 67.9 Å². The first-order chi connectivity index (χ1) is 33.7. The second-order valence-corrected chi connectivity index (χ2v) is 17.7. The minimum Gasteiger partial charge on any atom is -0.478 e. The number of nitrogens with two attached hydrogens (primary N) is 2. The molecule has 0 aliphatic rings. The van der Waals surface area contributed by atoms with Gasteiger partial charge in [-0.25, -0.2) is 9.59 Å². The maximum absolute atomic E-state index is 10.3. The van der Waals surface area contributed by atoms with Gasteiger partial charge in [-0.05, 0) is 111 Å². The number of nitrogens with one attached hydrogen (secondary N) is 2. The second kappa shape index (κ2) is 32.0. The fourth-order valence-electron chi connectivity index (χ4n) is 6.76. The third kappa shape index (κ3) is 21.5. The molecular formula is C52H62Cl4N6O8. The average Bonchev–Trinajstić information content (AvgIpc) is 3.35. The molecule has 0 bridgehead atoms. The van der Waals surface area contributed by atoms with Gasteiger partial charge < -0.3 is 52.0 Å². The van der Waals surface area contributed by atoms with Crippen LogP contribution in [0.1, 0.15) is 73.2 Å². The molecule has 2 heterocycles. The molecule has 0 fully saturated rings. The summed E-state index contributed by atoms with van der Waals surface area (Å²) in [4.78, 5) is 28.4. The zero-order valence-electron chi connectivity index (χ0n) is 38.8. The van der Waals surface area contributed by atoms with Crippen LogP contribution >= 0.6 is 46.4 Å². The molecule has 0 radical (unpaired) electrons. The zero-order chi connectivity index (χ0) is 50.7. The van der Waals surface area contributed by atoms with Crippen molar-refractivity contribution < 1.29 is 39.5 Å². The van der Waals surface area contributed by atoms with E-state index in [1.807, 2.05) is 36.4 Å². The van der Waals surface area contributed by atoms with Crippen molar-refractivity contribution in [2.24, 2.45) is 0 Å². The van der Waals surface area contributed by atoms with E-state index in [0.29, 0.717) is 81.0 Å². The van der Waals surface area contributed by atoms with Gasteiger partial charge >= 0.3 is 11.9 Å². The first kappa shape index (κ1) is 57.5. The number of aromatic nitrogens is 2. The highest BCUT2D eigenvalue weighted by atomic mass is 35.5. The number of anilines is 2. The lowest BCUT2D eigenvalue weighted by Crippen LogP contribution is -2.22. The first-order valence-corrected chi connectivity index (χ1v) is 24.5. The molecule has 4 aromatic carbocycles. The van der Waals surface area contributed by atoms with Crippen LogP contribution in [-0.2, 0) is 31.9 Å². The molecule has 376 valence electrons. The number of pyridine rings is 2. The fraction of sp³-hybridized carbons (Fsp3) is 0.346. The number of hydrogen-bond acceptors (Lipinski definition) is 12. The number of ether oxygens (including phenoxy) is 2. The van der Waals surface area contributed by atoms with E-state index in [0.717, 1.165) is 111 Å². The predicted molar refractivity (Wildman–Crippen MR) is 282 cm³/mol. The molecule has 6 rings (SSSR count). The zero-order valence-corrected chi connectivity index (χ0v) is 41.9. The largest absolute Gasteiger partial charge is 0.478 e. The van der Waals surface area contributed by atoms with Gasteiger partial charge in [-0.1, -0.05) is 94.9 Å². The molecule has 2 unspecified atom stereocenters. The summed E-state index contributed by atoms with van der Waals surface area (Å²) < 4.78 is 11.5. The number of carboxylic acid groups (broad SMARTS) is 2. The monoisotopic (exact) mass is 1040 g/mol. The number of aliphatic carboxylic acids is 2. The van der Waals surface area contributed by atoms with E-state index >= 15 is 0 Å². The van der Waals surface area contributed by atoms with Crippen molar-refractivity contribution >= 4 is 91.5 Å². The number of aliphatic hydroxyl groups is 2. The summed E-state index contributed by atoms with van der Waals surface area (Å²) in [5.41, 5.74) is 17.6. The van der Waals surface area contributed by atoms with Crippen molar-refractivity contribution in [3.63, 3.8) is 0 Å². The van der Waals surface area contributed by atoms with Gasteiger partial charge in [-0.2, -0.15) is 0 Å². The van der Waals surface area contributed by atoms with E-state index in [1.165, 1.54) is 0 Å². The smallest absolute Gasteiger partial charge is 0.328 e. The van der Waals surface area contributed by atoms with Gasteiger partial charge in [-0.15, -0.1) is 0 Å². The van der Waals surface area contributed by atoms with Crippen LogP contribution in [-0.4, -0.2) is 94.9 Å². The third-order valence-electron chi connectivity index (χ3n) is 10.6. The quantitative estimate of drug-likeness (QED) is 0.0143. The Morgan fingerprint density at radius 3 is 1.29 bits per heavy atom. The number of carboxylic acids is 2. The molecule has 2 aromatic heterocycles. The number of nitrogens with zero attached hydrogens (tertiary/aromatic N) is 2. The summed E-state index contributed by atoms with van der Waals surface area (Å²) >= 11 is 24.1. The van der Waals surface area contributed by atoms with E-state index in [9.17, 15) is 19.8 Å². The Bertz CT molecular complexity index is 2370. The normalized spacial score (nSPS) is 12.0. The summed E-state index contributed by atoms with van der Waals surface area (Å²) in [6.45, 7) is 5.39. The Hall–Kier alpha value is -5.10. The predicted octanol–water partition coefficient (Wildman–Crippen LogP) is 10.1. The van der Waals surface area contributed by atoms with E-state index in [4.69, 9.17) is 77.6 Å². The van der Waals surface area contributed by atoms with Crippen molar-refractivity contribution in [2.45, 2.75) is 63.6 Å². The Morgan fingerprint density at radius 2 is 0.914 bits per heavy atom. The van der Waals surface area contributed by atoms with Crippen molar-refractivity contribution in [1.82, 2.24) is 20.6 Å². The molecule has 18 heteroatoms.